The minimum atomic E-state index is -0.511. The highest BCUT2D eigenvalue weighted by Gasteiger charge is 2.12. The number of methoxy groups -OCH3 is 1. The van der Waals surface area contributed by atoms with Crippen LogP contribution in [-0.4, -0.2) is 19.4 Å². The number of esters is 1. The lowest BCUT2D eigenvalue weighted by atomic mass is 10.2. The van der Waals surface area contributed by atoms with E-state index in [9.17, 15) is 9.59 Å². The van der Waals surface area contributed by atoms with E-state index < -0.39 is 5.97 Å². The maximum absolute atomic E-state index is 11.1. The summed E-state index contributed by atoms with van der Waals surface area (Å²) in [5.74, 6) is -0.0207. The smallest absolute Gasteiger partial charge is 0.311 e. The molecule has 0 heterocycles. The molecule has 79 valence electrons. The van der Waals surface area contributed by atoms with E-state index in [1.807, 2.05) is 0 Å². The summed E-state index contributed by atoms with van der Waals surface area (Å²) in [6.07, 6.45) is 0.602. The van der Waals surface area contributed by atoms with Gasteiger partial charge >= 0.3 is 5.97 Å². The normalized spacial score (nSPS) is 9.47. The number of rotatable bonds is 4. The molecule has 0 aromatic heterocycles. The third-order valence-corrected chi connectivity index (χ3v) is 1.78. The van der Waals surface area contributed by atoms with Crippen molar-refractivity contribution in [2.45, 2.75) is 6.42 Å². The standard InChI is InChI=1S/C11H11O4/c1-3-10(13)15-11-8(7-12)5-4-6-9(11)14-2/h4-7H,1,3H2,2H3. The summed E-state index contributed by atoms with van der Waals surface area (Å²) >= 11 is 0. The van der Waals surface area contributed by atoms with Crippen LogP contribution in [0.15, 0.2) is 18.2 Å². The Morgan fingerprint density at radius 2 is 2.27 bits per heavy atom. The van der Waals surface area contributed by atoms with Gasteiger partial charge in [0.1, 0.15) is 0 Å². The second kappa shape index (κ2) is 5.14. The number of hydrogen-bond donors (Lipinski definition) is 0. The Labute approximate surface area is 87.8 Å². The van der Waals surface area contributed by atoms with Gasteiger partial charge in [-0.05, 0) is 19.1 Å². The molecule has 0 fully saturated rings. The van der Waals surface area contributed by atoms with E-state index >= 15 is 0 Å². The average molecular weight is 207 g/mol. The van der Waals surface area contributed by atoms with E-state index in [0.717, 1.165) is 0 Å². The molecule has 1 aromatic carbocycles. The lowest BCUT2D eigenvalue weighted by Crippen LogP contribution is -2.08. The first-order valence-corrected chi connectivity index (χ1v) is 4.35. The fourth-order valence-electron chi connectivity index (χ4n) is 1.06. The van der Waals surface area contributed by atoms with Gasteiger partial charge < -0.3 is 9.47 Å². The molecule has 4 nitrogen and oxygen atoms in total. The van der Waals surface area contributed by atoms with Gasteiger partial charge in [-0.25, -0.2) is 0 Å². The van der Waals surface area contributed by atoms with E-state index in [2.05, 4.69) is 6.92 Å². The Kier molecular flexibility index (Phi) is 3.85. The van der Waals surface area contributed by atoms with Crippen LogP contribution >= 0.6 is 0 Å². The summed E-state index contributed by atoms with van der Waals surface area (Å²) in [5.41, 5.74) is 0.274. The summed E-state index contributed by atoms with van der Waals surface area (Å²) < 4.78 is 9.93. The molecule has 1 radical (unpaired) electrons. The number of para-hydroxylation sites is 1. The van der Waals surface area contributed by atoms with Crippen molar-refractivity contribution in [1.82, 2.24) is 0 Å². The second-order valence-electron chi connectivity index (χ2n) is 2.72. The molecular weight excluding hydrogens is 196 g/mol. The number of benzene rings is 1. The van der Waals surface area contributed by atoms with Gasteiger partial charge in [0.05, 0.1) is 12.7 Å². The van der Waals surface area contributed by atoms with Crippen LogP contribution in [0.2, 0.25) is 0 Å². The van der Waals surface area contributed by atoms with Crippen molar-refractivity contribution in [3.8, 4) is 11.5 Å². The fourth-order valence-corrected chi connectivity index (χ4v) is 1.06. The molecule has 0 aliphatic heterocycles. The summed E-state index contributed by atoms with van der Waals surface area (Å²) in [7, 11) is 1.44. The Morgan fingerprint density at radius 3 is 2.80 bits per heavy atom. The third kappa shape index (κ3) is 2.56. The van der Waals surface area contributed by atoms with E-state index in [4.69, 9.17) is 9.47 Å². The predicted molar refractivity (Wildman–Crippen MR) is 54.0 cm³/mol. The molecule has 0 saturated heterocycles. The van der Waals surface area contributed by atoms with Gasteiger partial charge in [0.15, 0.2) is 17.8 Å². The van der Waals surface area contributed by atoms with Crippen molar-refractivity contribution in [3.05, 3.63) is 30.7 Å². The molecule has 0 amide bonds. The van der Waals surface area contributed by atoms with Crippen LogP contribution in [0.4, 0.5) is 0 Å². The summed E-state index contributed by atoms with van der Waals surface area (Å²) in [4.78, 5) is 21.8. The Hall–Kier alpha value is -1.84. The SMILES string of the molecule is [CH2]CC(=O)Oc1c(C=O)cccc1OC. The van der Waals surface area contributed by atoms with Crippen LogP contribution < -0.4 is 9.47 Å². The van der Waals surface area contributed by atoms with Gasteiger partial charge in [-0.15, -0.1) is 0 Å². The minimum absolute atomic E-state index is 0.00363. The minimum Gasteiger partial charge on any atom is -0.493 e. The Morgan fingerprint density at radius 1 is 1.53 bits per heavy atom. The highest BCUT2D eigenvalue weighted by atomic mass is 16.6. The highest BCUT2D eigenvalue weighted by Crippen LogP contribution is 2.30. The maximum Gasteiger partial charge on any atom is 0.311 e. The van der Waals surface area contributed by atoms with Gasteiger partial charge in [0.2, 0.25) is 0 Å². The average Bonchev–Trinajstić information content (AvgIpc) is 2.29. The van der Waals surface area contributed by atoms with Gasteiger partial charge in [0, 0.05) is 6.42 Å². The first-order valence-electron chi connectivity index (χ1n) is 4.35. The number of ether oxygens (including phenoxy) is 2. The Balaban J connectivity index is 3.10. The van der Waals surface area contributed by atoms with Crippen molar-refractivity contribution in [3.63, 3.8) is 0 Å². The zero-order valence-electron chi connectivity index (χ0n) is 8.36. The zero-order chi connectivity index (χ0) is 11.3. The van der Waals surface area contributed by atoms with E-state index in [0.29, 0.717) is 12.0 Å². The summed E-state index contributed by atoms with van der Waals surface area (Å²) in [6, 6.07) is 4.80. The number of aldehydes is 1. The molecule has 1 aromatic rings. The molecule has 15 heavy (non-hydrogen) atoms. The van der Waals surface area contributed by atoms with E-state index in [1.54, 1.807) is 18.2 Å². The summed E-state index contributed by atoms with van der Waals surface area (Å²) in [5, 5.41) is 0. The monoisotopic (exact) mass is 207 g/mol. The van der Waals surface area contributed by atoms with Crippen molar-refractivity contribution in [2.75, 3.05) is 7.11 Å². The Bertz CT molecular complexity index is 371. The first kappa shape index (κ1) is 11.2. The molecule has 0 aliphatic rings. The van der Waals surface area contributed by atoms with Crippen LogP contribution in [0.1, 0.15) is 16.8 Å². The largest absolute Gasteiger partial charge is 0.493 e. The van der Waals surface area contributed by atoms with Crippen LogP contribution in [-0.2, 0) is 4.79 Å². The van der Waals surface area contributed by atoms with Gasteiger partial charge in [-0.1, -0.05) is 6.07 Å². The third-order valence-electron chi connectivity index (χ3n) is 1.78. The van der Waals surface area contributed by atoms with Gasteiger partial charge in [0.25, 0.3) is 0 Å². The first-order chi connectivity index (χ1) is 7.22. The maximum atomic E-state index is 11.1. The molecule has 0 unspecified atom stereocenters. The lowest BCUT2D eigenvalue weighted by Gasteiger charge is -2.09. The summed E-state index contributed by atoms with van der Waals surface area (Å²) in [6.45, 7) is 3.39. The number of hydrogen-bond acceptors (Lipinski definition) is 4. The molecular formula is C11H11O4. The van der Waals surface area contributed by atoms with Crippen LogP contribution in [0.3, 0.4) is 0 Å². The number of carbonyl (C=O) groups excluding carboxylic acids is 2. The molecule has 0 N–H and O–H groups in total. The van der Waals surface area contributed by atoms with Crippen molar-refractivity contribution < 1.29 is 19.1 Å². The van der Waals surface area contributed by atoms with Crippen molar-refractivity contribution in [1.29, 1.82) is 0 Å². The van der Waals surface area contributed by atoms with Crippen LogP contribution in [0.25, 0.3) is 0 Å². The second-order valence-corrected chi connectivity index (χ2v) is 2.72. The van der Waals surface area contributed by atoms with E-state index in [-0.39, 0.29) is 17.7 Å². The molecule has 1 rings (SSSR count). The molecule has 0 bridgehead atoms. The van der Waals surface area contributed by atoms with Crippen molar-refractivity contribution >= 4 is 12.3 Å². The van der Waals surface area contributed by atoms with Gasteiger partial charge in [-0.2, -0.15) is 0 Å². The molecule has 0 aliphatic carbocycles. The predicted octanol–water partition coefficient (Wildman–Crippen LogP) is 1.64. The van der Waals surface area contributed by atoms with Crippen molar-refractivity contribution in [2.24, 2.45) is 0 Å². The fraction of sp³-hybridized carbons (Fsp3) is 0.182. The number of carbonyl (C=O) groups is 2. The highest BCUT2D eigenvalue weighted by molar-refractivity contribution is 5.84. The molecule has 4 heteroatoms. The van der Waals surface area contributed by atoms with Crippen LogP contribution in [0.5, 0.6) is 11.5 Å². The zero-order valence-corrected chi connectivity index (χ0v) is 8.36. The lowest BCUT2D eigenvalue weighted by molar-refractivity contribution is -0.133. The topological polar surface area (TPSA) is 52.6 Å². The van der Waals surface area contributed by atoms with E-state index in [1.165, 1.54) is 7.11 Å². The molecule has 0 atom stereocenters. The quantitative estimate of drug-likeness (QED) is 0.428. The molecule has 0 saturated carbocycles. The van der Waals surface area contributed by atoms with Crippen LogP contribution in [0, 0.1) is 6.92 Å². The molecule has 0 spiro atoms. The van der Waals surface area contributed by atoms with Gasteiger partial charge in [-0.3, -0.25) is 9.59 Å².